The fourth-order valence-electron chi connectivity index (χ4n) is 3.39. The molecule has 27 heavy (non-hydrogen) atoms. The van der Waals surface area contributed by atoms with Gasteiger partial charge in [-0.15, -0.1) is 0 Å². The van der Waals surface area contributed by atoms with Gasteiger partial charge in [-0.2, -0.15) is 4.98 Å². The third kappa shape index (κ3) is 4.52. The summed E-state index contributed by atoms with van der Waals surface area (Å²) in [4.78, 5) is 9.00. The SMILES string of the molecule is CC1(C)CC(Nc2ccc(-c3nc(Cc4ccccc4)no3)cn2)CCO1. The summed E-state index contributed by atoms with van der Waals surface area (Å²) in [6.07, 6.45) is 4.37. The minimum absolute atomic E-state index is 0.0885. The summed E-state index contributed by atoms with van der Waals surface area (Å²) in [6.45, 7) is 5.02. The van der Waals surface area contributed by atoms with E-state index >= 15 is 0 Å². The van der Waals surface area contributed by atoms with Crippen molar-refractivity contribution in [3.05, 3.63) is 60.0 Å². The molecule has 0 saturated carbocycles. The van der Waals surface area contributed by atoms with E-state index in [0.29, 0.717) is 24.2 Å². The Bertz CT molecular complexity index is 875. The van der Waals surface area contributed by atoms with Crippen LogP contribution in [0.1, 0.15) is 38.1 Å². The van der Waals surface area contributed by atoms with Gasteiger partial charge in [-0.25, -0.2) is 4.98 Å². The monoisotopic (exact) mass is 364 g/mol. The van der Waals surface area contributed by atoms with Crippen molar-refractivity contribution in [2.45, 2.75) is 44.8 Å². The zero-order chi connectivity index (χ0) is 18.7. The fraction of sp³-hybridized carbons (Fsp3) is 0.381. The van der Waals surface area contributed by atoms with Gasteiger partial charge in [-0.1, -0.05) is 35.5 Å². The van der Waals surface area contributed by atoms with Crippen LogP contribution in [0.25, 0.3) is 11.5 Å². The summed E-state index contributed by atoms with van der Waals surface area (Å²) < 4.78 is 11.2. The Hall–Kier alpha value is -2.73. The van der Waals surface area contributed by atoms with E-state index in [4.69, 9.17) is 9.26 Å². The summed E-state index contributed by atoms with van der Waals surface area (Å²) in [7, 11) is 0. The van der Waals surface area contributed by atoms with Crippen molar-refractivity contribution < 1.29 is 9.26 Å². The molecule has 1 N–H and O–H groups in total. The van der Waals surface area contributed by atoms with Crippen LogP contribution in [0.4, 0.5) is 5.82 Å². The predicted octanol–water partition coefficient (Wildman–Crippen LogP) is 4.09. The largest absolute Gasteiger partial charge is 0.375 e. The second-order valence-corrected chi connectivity index (χ2v) is 7.55. The van der Waals surface area contributed by atoms with Crippen molar-refractivity contribution in [1.29, 1.82) is 0 Å². The van der Waals surface area contributed by atoms with Crippen molar-refractivity contribution >= 4 is 5.82 Å². The van der Waals surface area contributed by atoms with Crippen LogP contribution in [-0.2, 0) is 11.2 Å². The van der Waals surface area contributed by atoms with Gasteiger partial charge in [0.05, 0.1) is 11.2 Å². The number of pyridine rings is 1. The van der Waals surface area contributed by atoms with Gasteiger partial charge in [0, 0.05) is 25.3 Å². The van der Waals surface area contributed by atoms with Crippen molar-refractivity contribution in [2.24, 2.45) is 0 Å². The number of hydrogen-bond acceptors (Lipinski definition) is 6. The summed E-state index contributed by atoms with van der Waals surface area (Å²) >= 11 is 0. The van der Waals surface area contributed by atoms with E-state index < -0.39 is 0 Å². The number of nitrogens with zero attached hydrogens (tertiary/aromatic N) is 3. The van der Waals surface area contributed by atoms with Gasteiger partial charge in [0.25, 0.3) is 5.89 Å². The minimum atomic E-state index is -0.0885. The first kappa shape index (κ1) is 17.7. The van der Waals surface area contributed by atoms with Crippen LogP contribution >= 0.6 is 0 Å². The second-order valence-electron chi connectivity index (χ2n) is 7.55. The molecule has 140 valence electrons. The Balaban J connectivity index is 1.40. The molecule has 1 aliphatic heterocycles. The summed E-state index contributed by atoms with van der Waals surface area (Å²) in [5.74, 6) is 2.01. The number of nitrogens with one attached hydrogen (secondary N) is 1. The lowest BCUT2D eigenvalue weighted by Crippen LogP contribution is -2.40. The maximum atomic E-state index is 5.77. The summed E-state index contributed by atoms with van der Waals surface area (Å²) in [5, 5.41) is 7.57. The van der Waals surface area contributed by atoms with Crippen LogP contribution in [0, 0.1) is 0 Å². The molecule has 0 bridgehead atoms. The molecule has 1 atom stereocenters. The van der Waals surface area contributed by atoms with E-state index in [9.17, 15) is 0 Å². The highest BCUT2D eigenvalue weighted by atomic mass is 16.5. The average molecular weight is 364 g/mol. The first-order valence-electron chi connectivity index (χ1n) is 9.31. The molecule has 0 aliphatic carbocycles. The smallest absolute Gasteiger partial charge is 0.259 e. The number of ether oxygens (including phenoxy) is 1. The Morgan fingerprint density at radius 3 is 2.74 bits per heavy atom. The standard InChI is InChI=1S/C21H24N4O2/c1-21(2)13-17(10-11-26-21)23-18-9-8-16(14-22-18)20-24-19(25-27-20)12-15-6-4-3-5-7-15/h3-9,14,17H,10-13H2,1-2H3,(H,22,23). The van der Waals surface area contributed by atoms with Gasteiger partial charge >= 0.3 is 0 Å². The number of rotatable bonds is 5. The van der Waals surface area contributed by atoms with Gasteiger partial charge in [-0.05, 0) is 44.4 Å². The fourth-order valence-corrected chi connectivity index (χ4v) is 3.39. The molecule has 1 aliphatic rings. The van der Waals surface area contributed by atoms with Crippen LogP contribution in [0.15, 0.2) is 53.2 Å². The van der Waals surface area contributed by atoms with Crippen molar-refractivity contribution in [2.75, 3.05) is 11.9 Å². The Morgan fingerprint density at radius 1 is 1.15 bits per heavy atom. The summed E-state index contributed by atoms with van der Waals surface area (Å²) in [5.41, 5.74) is 1.89. The van der Waals surface area contributed by atoms with Crippen molar-refractivity contribution in [1.82, 2.24) is 15.1 Å². The second kappa shape index (κ2) is 7.48. The van der Waals surface area contributed by atoms with Crippen LogP contribution in [0.3, 0.4) is 0 Å². The highest BCUT2D eigenvalue weighted by Crippen LogP contribution is 2.26. The Morgan fingerprint density at radius 2 is 2.00 bits per heavy atom. The number of benzene rings is 1. The summed E-state index contributed by atoms with van der Waals surface area (Å²) in [6, 6.07) is 14.4. The van der Waals surface area contributed by atoms with Crippen molar-refractivity contribution in [3.8, 4) is 11.5 Å². The van der Waals surface area contributed by atoms with Crippen LogP contribution < -0.4 is 5.32 Å². The van der Waals surface area contributed by atoms with E-state index in [2.05, 4.69) is 46.4 Å². The van der Waals surface area contributed by atoms with E-state index in [1.165, 1.54) is 0 Å². The molecule has 1 fully saturated rings. The first-order valence-corrected chi connectivity index (χ1v) is 9.31. The lowest BCUT2D eigenvalue weighted by molar-refractivity contribution is -0.0553. The van der Waals surface area contributed by atoms with Crippen LogP contribution in [0.2, 0.25) is 0 Å². The predicted molar refractivity (Wildman–Crippen MR) is 103 cm³/mol. The van der Waals surface area contributed by atoms with Gasteiger partial charge in [0.1, 0.15) is 5.82 Å². The highest BCUT2D eigenvalue weighted by Gasteiger charge is 2.28. The molecule has 6 nitrogen and oxygen atoms in total. The molecule has 0 radical (unpaired) electrons. The molecule has 1 aromatic carbocycles. The van der Waals surface area contributed by atoms with E-state index in [1.54, 1.807) is 6.20 Å². The third-order valence-corrected chi connectivity index (χ3v) is 4.73. The van der Waals surface area contributed by atoms with Crippen LogP contribution in [-0.4, -0.2) is 33.4 Å². The maximum absolute atomic E-state index is 5.77. The molecule has 6 heteroatoms. The molecule has 3 aromatic rings. The molecule has 3 heterocycles. The number of anilines is 1. The van der Waals surface area contributed by atoms with E-state index in [-0.39, 0.29) is 5.60 Å². The van der Waals surface area contributed by atoms with E-state index in [0.717, 1.165) is 36.4 Å². The van der Waals surface area contributed by atoms with Crippen molar-refractivity contribution in [3.63, 3.8) is 0 Å². The molecule has 1 unspecified atom stereocenters. The molecule has 4 rings (SSSR count). The highest BCUT2D eigenvalue weighted by molar-refractivity contribution is 5.54. The molecule has 0 amide bonds. The topological polar surface area (TPSA) is 73.1 Å². The lowest BCUT2D eigenvalue weighted by atomic mass is 9.94. The zero-order valence-electron chi connectivity index (χ0n) is 15.7. The van der Waals surface area contributed by atoms with Gasteiger partial charge in [0.15, 0.2) is 5.82 Å². The third-order valence-electron chi connectivity index (χ3n) is 4.73. The van der Waals surface area contributed by atoms with Gasteiger partial charge in [-0.3, -0.25) is 0 Å². The number of aromatic nitrogens is 3. The molecule has 0 spiro atoms. The lowest BCUT2D eigenvalue weighted by Gasteiger charge is -2.36. The number of hydrogen-bond donors (Lipinski definition) is 1. The molecular weight excluding hydrogens is 340 g/mol. The van der Waals surface area contributed by atoms with Gasteiger partial charge < -0.3 is 14.6 Å². The normalized spacial score (nSPS) is 19.0. The van der Waals surface area contributed by atoms with Gasteiger partial charge in [0.2, 0.25) is 0 Å². The Labute approximate surface area is 159 Å². The maximum Gasteiger partial charge on any atom is 0.259 e. The average Bonchev–Trinajstić information content (AvgIpc) is 3.11. The zero-order valence-corrected chi connectivity index (χ0v) is 15.7. The molecule has 1 saturated heterocycles. The molecule has 2 aromatic heterocycles. The Kier molecular flexibility index (Phi) is 4.90. The minimum Gasteiger partial charge on any atom is -0.375 e. The molecular formula is C21H24N4O2. The first-order chi connectivity index (χ1) is 13.1. The van der Waals surface area contributed by atoms with Crippen LogP contribution in [0.5, 0.6) is 0 Å². The quantitative estimate of drug-likeness (QED) is 0.735. The van der Waals surface area contributed by atoms with E-state index in [1.807, 2.05) is 30.3 Å².